The molecule has 0 aliphatic carbocycles. The molecule has 1 rings (SSSR count). The van der Waals surface area contributed by atoms with E-state index in [1.807, 2.05) is 30.3 Å². The van der Waals surface area contributed by atoms with Crippen molar-refractivity contribution in [3.8, 4) is 6.07 Å². The Labute approximate surface area is 85.9 Å². The first kappa shape index (κ1) is 11.4. The second kappa shape index (κ2) is 5.15. The van der Waals surface area contributed by atoms with Gasteiger partial charge in [0.25, 0.3) is 0 Å². The molecule has 0 saturated carbocycles. The fourth-order valence-corrected chi connectivity index (χ4v) is 1.01. The molecular formula is C8H8BrClN2. The van der Waals surface area contributed by atoms with E-state index in [4.69, 9.17) is 11.0 Å². The van der Waals surface area contributed by atoms with Crippen LogP contribution in [0.2, 0.25) is 0 Å². The predicted octanol–water partition coefficient (Wildman–Crippen LogP) is 2.39. The molecule has 0 aromatic heterocycles. The number of nitriles is 1. The van der Waals surface area contributed by atoms with Crippen LogP contribution in [-0.2, 0) is 0 Å². The van der Waals surface area contributed by atoms with Gasteiger partial charge < -0.3 is 5.73 Å². The summed E-state index contributed by atoms with van der Waals surface area (Å²) in [5.74, 6) is 0. The zero-order chi connectivity index (χ0) is 8.27. The van der Waals surface area contributed by atoms with Crippen molar-refractivity contribution in [2.24, 2.45) is 5.73 Å². The number of nitrogens with two attached hydrogens (primary N) is 1. The molecule has 0 aliphatic heterocycles. The average Bonchev–Trinajstić information content (AvgIpc) is 2.05. The monoisotopic (exact) mass is 246 g/mol. The topological polar surface area (TPSA) is 49.8 Å². The van der Waals surface area contributed by atoms with E-state index in [0.29, 0.717) is 0 Å². The van der Waals surface area contributed by atoms with Crippen LogP contribution in [0.5, 0.6) is 0 Å². The van der Waals surface area contributed by atoms with E-state index < -0.39 is 6.04 Å². The van der Waals surface area contributed by atoms with Crippen LogP contribution in [0.1, 0.15) is 11.6 Å². The summed E-state index contributed by atoms with van der Waals surface area (Å²) in [6.45, 7) is 0. The Kier molecular flexibility index (Phi) is 4.91. The van der Waals surface area contributed by atoms with Crippen LogP contribution in [0, 0.1) is 11.3 Å². The molecule has 0 heterocycles. The van der Waals surface area contributed by atoms with E-state index in [1.165, 1.54) is 0 Å². The summed E-state index contributed by atoms with van der Waals surface area (Å²) in [6, 6.07) is 8.85. The SMILES string of the molecule is Cl.N#C[C@H](N)c1ccc(Br)cc1. The Balaban J connectivity index is 0.00000121. The quantitative estimate of drug-likeness (QED) is 0.828. The highest BCUT2D eigenvalue weighted by atomic mass is 79.9. The third-order valence-corrected chi connectivity index (χ3v) is 1.90. The summed E-state index contributed by atoms with van der Waals surface area (Å²) in [4.78, 5) is 0. The second-order valence-electron chi connectivity index (χ2n) is 2.16. The number of nitrogens with zero attached hydrogens (tertiary/aromatic N) is 1. The van der Waals surface area contributed by atoms with Gasteiger partial charge in [-0.1, -0.05) is 28.1 Å². The molecule has 0 amide bonds. The lowest BCUT2D eigenvalue weighted by Gasteiger charge is -2.01. The van der Waals surface area contributed by atoms with Gasteiger partial charge in [0.15, 0.2) is 0 Å². The molecule has 64 valence electrons. The van der Waals surface area contributed by atoms with Crippen molar-refractivity contribution in [2.45, 2.75) is 6.04 Å². The molecule has 0 bridgehead atoms. The van der Waals surface area contributed by atoms with Gasteiger partial charge in [0.1, 0.15) is 6.04 Å². The number of rotatable bonds is 1. The van der Waals surface area contributed by atoms with Gasteiger partial charge in [0, 0.05) is 4.47 Å². The zero-order valence-corrected chi connectivity index (χ0v) is 8.60. The molecule has 2 nitrogen and oxygen atoms in total. The highest BCUT2D eigenvalue weighted by Gasteiger charge is 2.01. The minimum absolute atomic E-state index is 0. The Morgan fingerprint density at radius 3 is 2.25 bits per heavy atom. The molecule has 0 radical (unpaired) electrons. The fourth-order valence-electron chi connectivity index (χ4n) is 0.745. The van der Waals surface area contributed by atoms with Crippen LogP contribution in [0.25, 0.3) is 0 Å². The first-order valence-electron chi connectivity index (χ1n) is 3.14. The van der Waals surface area contributed by atoms with Crippen LogP contribution in [0.15, 0.2) is 28.7 Å². The van der Waals surface area contributed by atoms with Crippen LogP contribution in [-0.4, -0.2) is 0 Å². The third kappa shape index (κ3) is 2.82. The first-order valence-corrected chi connectivity index (χ1v) is 3.94. The van der Waals surface area contributed by atoms with E-state index in [0.717, 1.165) is 10.0 Å². The van der Waals surface area contributed by atoms with Gasteiger partial charge in [-0.15, -0.1) is 12.4 Å². The van der Waals surface area contributed by atoms with Crippen molar-refractivity contribution >= 4 is 28.3 Å². The molecule has 0 aliphatic rings. The van der Waals surface area contributed by atoms with E-state index in [1.54, 1.807) is 0 Å². The lowest BCUT2D eigenvalue weighted by atomic mass is 10.1. The molecule has 0 spiro atoms. The normalized spacial score (nSPS) is 11.1. The summed E-state index contributed by atoms with van der Waals surface area (Å²) in [5.41, 5.74) is 6.31. The van der Waals surface area contributed by atoms with E-state index in [-0.39, 0.29) is 12.4 Å². The average molecular weight is 248 g/mol. The van der Waals surface area contributed by atoms with Crippen LogP contribution >= 0.6 is 28.3 Å². The summed E-state index contributed by atoms with van der Waals surface area (Å²) in [7, 11) is 0. The number of halogens is 2. The molecule has 0 saturated heterocycles. The van der Waals surface area contributed by atoms with Gasteiger partial charge in [-0.25, -0.2) is 0 Å². The Morgan fingerprint density at radius 2 is 1.83 bits per heavy atom. The number of benzene rings is 1. The van der Waals surface area contributed by atoms with E-state index in [2.05, 4.69) is 15.9 Å². The second-order valence-corrected chi connectivity index (χ2v) is 3.07. The molecule has 2 N–H and O–H groups in total. The largest absolute Gasteiger partial charge is 0.312 e. The van der Waals surface area contributed by atoms with E-state index in [9.17, 15) is 0 Å². The van der Waals surface area contributed by atoms with Crippen molar-refractivity contribution < 1.29 is 0 Å². The van der Waals surface area contributed by atoms with Gasteiger partial charge in [-0.05, 0) is 17.7 Å². The lowest BCUT2D eigenvalue weighted by Crippen LogP contribution is -2.06. The Bertz CT molecular complexity index is 278. The molecule has 0 unspecified atom stereocenters. The van der Waals surface area contributed by atoms with Gasteiger partial charge >= 0.3 is 0 Å². The number of hydrogen-bond donors (Lipinski definition) is 1. The van der Waals surface area contributed by atoms with Crippen molar-refractivity contribution in [1.82, 2.24) is 0 Å². The fraction of sp³-hybridized carbons (Fsp3) is 0.125. The maximum Gasteiger partial charge on any atom is 0.118 e. The van der Waals surface area contributed by atoms with Gasteiger partial charge in [-0.3, -0.25) is 0 Å². The molecule has 1 aromatic carbocycles. The number of hydrogen-bond acceptors (Lipinski definition) is 2. The highest BCUT2D eigenvalue weighted by Crippen LogP contribution is 2.14. The standard InChI is InChI=1S/C8H7BrN2.ClH/c9-7-3-1-6(2-4-7)8(11)5-10;/h1-4,8H,11H2;1H/t8-;/m0./s1. The molecule has 1 atom stereocenters. The predicted molar refractivity (Wildman–Crippen MR) is 53.9 cm³/mol. The van der Waals surface area contributed by atoms with Crippen molar-refractivity contribution in [1.29, 1.82) is 5.26 Å². The molecule has 1 aromatic rings. The lowest BCUT2D eigenvalue weighted by molar-refractivity contribution is 0.926. The highest BCUT2D eigenvalue weighted by molar-refractivity contribution is 9.10. The van der Waals surface area contributed by atoms with Crippen molar-refractivity contribution in [3.63, 3.8) is 0 Å². The summed E-state index contributed by atoms with van der Waals surface area (Å²) in [5, 5.41) is 8.47. The minimum atomic E-state index is -0.511. The summed E-state index contributed by atoms with van der Waals surface area (Å²) >= 11 is 3.29. The van der Waals surface area contributed by atoms with Crippen LogP contribution < -0.4 is 5.73 Å². The first-order chi connectivity index (χ1) is 5.24. The maximum absolute atomic E-state index is 8.47. The minimum Gasteiger partial charge on any atom is -0.312 e. The summed E-state index contributed by atoms with van der Waals surface area (Å²) < 4.78 is 0.992. The molecule has 0 fully saturated rings. The maximum atomic E-state index is 8.47. The van der Waals surface area contributed by atoms with Crippen LogP contribution in [0.3, 0.4) is 0 Å². The van der Waals surface area contributed by atoms with E-state index >= 15 is 0 Å². The smallest absolute Gasteiger partial charge is 0.118 e. The van der Waals surface area contributed by atoms with Crippen molar-refractivity contribution in [3.05, 3.63) is 34.3 Å². The van der Waals surface area contributed by atoms with Crippen molar-refractivity contribution in [2.75, 3.05) is 0 Å². The van der Waals surface area contributed by atoms with Gasteiger partial charge in [0.2, 0.25) is 0 Å². The third-order valence-electron chi connectivity index (χ3n) is 1.37. The summed E-state index contributed by atoms with van der Waals surface area (Å²) in [6.07, 6.45) is 0. The molecular weight excluding hydrogens is 239 g/mol. The van der Waals surface area contributed by atoms with Gasteiger partial charge in [-0.2, -0.15) is 5.26 Å². The van der Waals surface area contributed by atoms with Crippen LogP contribution in [0.4, 0.5) is 0 Å². The Hall–Kier alpha value is -0.560. The molecule has 4 heteroatoms. The zero-order valence-electron chi connectivity index (χ0n) is 6.20. The molecule has 12 heavy (non-hydrogen) atoms. The Morgan fingerprint density at radius 1 is 1.33 bits per heavy atom. The van der Waals surface area contributed by atoms with Gasteiger partial charge in [0.05, 0.1) is 6.07 Å².